The Bertz CT molecular complexity index is 554. The molecule has 1 aromatic rings. The van der Waals surface area contributed by atoms with Crippen molar-refractivity contribution in [3.8, 4) is 0 Å². The van der Waals surface area contributed by atoms with Crippen molar-refractivity contribution < 1.29 is 8.42 Å². The molecule has 0 aliphatic rings. The van der Waals surface area contributed by atoms with Crippen LogP contribution in [0.1, 0.15) is 33.3 Å². The first-order valence-corrected chi connectivity index (χ1v) is 8.50. The Morgan fingerprint density at radius 1 is 1.19 bits per heavy atom. The van der Waals surface area contributed by atoms with E-state index in [0.717, 1.165) is 0 Å². The van der Waals surface area contributed by atoms with Gasteiger partial charge < -0.3 is 5.73 Å². The van der Waals surface area contributed by atoms with Gasteiger partial charge in [0.25, 0.3) is 0 Å². The quantitative estimate of drug-likeness (QED) is 0.660. The fraction of sp³-hybridized carbons (Fsp3) is 0.294. The number of nitrogens with two attached hydrogens (primary N) is 1. The summed E-state index contributed by atoms with van der Waals surface area (Å²) >= 11 is 0. The number of rotatable bonds is 4. The Morgan fingerprint density at radius 2 is 1.67 bits per heavy atom. The summed E-state index contributed by atoms with van der Waals surface area (Å²) in [4.78, 5) is 0.0421. The monoisotopic (exact) mass is 309 g/mol. The summed E-state index contributed by atoms with van der Waals surface area (Å²) in [6, 6.07) is 6.74. The molecule has 0 atom stereocenters. The van der Waals surface area contributed by atoms with E-state index in [2.05, 4.69) is 13.2 Å². The number of benzene rings is 1. The van der Waals surface area contributed by atoms with Gasteiger partial charge >= 0.3 is 0 Å². The Labute approximate surface area is 129 Å². The van der Waals surface area contributed by atoms with Crippen molar-refractivity contribution in [2.75, 3.05) is 11.5 Å². The summed E-state index contributed by atoms with van der Waals surface area (Å²) in [6.07, 6.45) is 5.33. The first-order valence-electron chi connectivity index (χ1n) is 6.85. The second kappa shape index (κ2) is 12.0. The maximum Gasteiger partial charge on any atom is 0.181 e. The molecule has 0 fully saturated rings. The van der Waals surface area contributed by atoms with Crippen LogP contribution in [0.2, 0.25) is 0 Å². The van der Waals surface area contributed by atoms with Gasteiger partial charge in [0.2, 0.25) is 0 Å². The number of allylic oxidation sites excluding steroid dienone is 2. The smallest absolute Gasteiger partial charge is 0.181 e. The molecule has 118 valence electrons. The first kappa shape index (κ1) is 21.5. The SMILES string of the molecule is C/C=C\C.C=CCS(=O)(=O)C(=C)c1ccccc1N.CC. The summed E-state index contributed by atoms with van der Waals surface area (Å²) < 4.78 is 23.3. The fourth-order valence-electron chi connectivity index (χ4n) is 1.17. The molecule has 0 unspecified atom stereocenters. The predicted molar refractivity (Wildman–Crippen MR) is 95.7 cm³/mol. The molecule has 1 aromatic carbocycles. The average molecular weight is 309 g/mol. The number of para-hydroxylation sites is 1. The lowest BCUT2D eigenvalue weighted by Crippen LogP contribution is -2.07. The van der Waals surface area contributed by atoms with Gasteiger partial charge in [-0.1, -0.05) is 56.9 Å². The predicted octanol–water partition coefficient (Wildman–Crippen LogP) is 4.45. The normalized spacial score (nSPS) is 9.90. The van der Waals surface area contributed by atoms with Crippen LogP contribution in [0.5, 0.6) is 0 Å². The maximum absolute atomic E-state index is 11.7. The van der Waals surface area contributed by atoms with Gasteiger partial charge in [-0.15, -0.1) is 6.58 Å². The minimum Gasteiger partial charge on any atom is -0.398 e. The Hall–Kier alpha value is -1.81. The highest BCUT2D eigenvalue weighted by atomic mass is 32.2. The minimum atomic E-state index is -3.38. The van der Waals surface area contributed by atoms with Gasteiger partial charge in [-0.05, 0) is 19.9 Å². The lowest BCUT2D eigenvalue weighted by molar-refractivity contribution is 0.608. The number of sulfone groups is 1. The molecule has 0 saturated heterocycles. The van der Waals surface area contributed by atoms with Gasteiger partial charge in [-0.25, -0.2) is 8.42 Å². The molecule has 0 spiro atoms. The lowest BCUT2D eigenvalue weighted by atomic mass is 10.2. The van der Waals surface area contributed by atoms with E-state index in [0.29, 0.717) is 11.3 Å². The van der Waals surface area contributed by atoms with Crippen LogP contribution in [0.3, 0.4) is 0 Å². The van der Waals surface area contributed by atoms with Crippen LogP contribution >= 0.6 is 0 Å². The number of anilines is 1. The first-order chi connectivity index (χ1) is 9.90. The third kappa shape index (κ3) is 8.15. The molecule has 0 aliphatic carbocycles. The van der Waals surface area contributed by atoms with Gasteiger partial charge in [0.1, 0.15) is 0 Å². The van der Waals surface area contributed by atoms with Crippen molar-refractivity contribution in [2.24, 2.45) is 0 Å². The third-order valence-corrected chi connectivity index (χ3v) is 3.95. The van der Waals surface area contributed by atoms with E-state index in [4.69, 9.17) is 5.73 Å². The van der Waals surface area contributed by atoms with Gasteiger partial charge in [-0.2, -0.15) is 0 Å². The zero-order valence-corrected chi connectivity index (χ0v) is 14.3. The second-order valence-corrected chi connectivity index (χ2v) is 5.80. The Kier molecular flexibility index (Phi) is 12.2. The minimum absolute atomic E-state index is 0.0421. The summed E-state index contributed by atoms with van der Waals surface area (Å²) in [6.45, 7) is 15.0. The van der Waals surface area contributed by atoms with Crippen LogP contribution in [-0.4, -0.2) is 14.2 Å². The molecule has 4 heteroatoms. The summed E-state index contributed by atoms with van der Waals surface area (Å²) in [7, 11) is -3.38. The van der Waals surface area contributed by atoms with Crippen molar-refractivity contribution >= 4 is 20.4 Å². The van der Waals surface area contributed by atoms with Crippen LogP contribution in [0.4, 0.5) is 5.69 Å². The number of hydrogen-bond acceptors (Lipinski definition) is 3. The van der Waals surface area contributed by atoms with E-state index < -0.39 is 9.84 Å². The molecular formula is C17H27NO2S. The number of nitrogen functional groups attached to an aromatic ring is 1. The molecule has 0 saturated carbocycles. The zero-order chi connectivity index (χ0) is 16.9. The fourth-order valence-corrected chi connectivity index (χ4v) is 2.21. The highest BCUT2D eigenvalue weighted by Gasteiger charge is 2.17. The van der Waals surface area contributed by atoms with E-state index in [9.17, 15) is 8.42 Å². The van der Waals surface area contributed by atoms with Gasteiger partial charge in [0, 0.05) is 11.3 Å². The zero-order valence-electron chi connectivity index (χ0n) is 13.5. The van der Waals surface area contributed by atoms with Gasteiger partial charge in [0.15, 0.2) is 9.84 Å². The Balaban J connectivity index is 0. The van der Waals surface area contributed by atoms with Crippen molar-refractivity contribution in [1.82, 2.24) is 0 Å². The van der Waals surface area contributed by atoms with Gasteiger partial charge in [-0.3, -0.25) is 0 Å². The molecule has 21 heavy (non-hydrogen) atoms. The van der Waals surface area contributed by atoms with Crippen LogP contribution in [-0.2, 0) is 9.84 Å². The topological polar surface area (TPSA) is 60.2 Å². The molecule has 0 aliphatic heterocycles. The standard InChI is InChI=1S/C11H13NO2S.C4H8.C2H6/c1-3-8-15(13,14)9(2)10-6-4-5-7-11(10)12;1-3-4-2;1-2/h3-7H,1-2,8,12H2;3-4H,1-2H3;1-2H3/b;4-3-;. The Morgan fingerprint density at radius 3 is 2.05 bits per heavy atom. The van der Waals surface area contributed by atoms with Crippen molar-refractivity contribution in [2.45, 2.75) is 27.7 Å². The van der Waals surface area contributed by atoms with E-state index in [1.54, 1.807) is 24.3 Å². The molecule has 0 radical (unpaired) electrons. The maximum atomic E-state index is 11.7. The molecule has 1 rings (SSSR count). The molecular weight excluding hydrogens is 282 g/mol. The molecule has 0 heterocycles. The van der Waals surface area contributed by atoms with Crippen molar-refractivity contribution in [3.63, 3.8) is 0 Å². The highest BCUT2D eigenvalue weighted by molar-refractivity contribution is 8.00. The second-order valence-electron chi connectivity index (χ2n) is 3.75. The van der Waals surface area contributed by atoms with Crippen LogP contribution < -0.4 is 5.73 Å². The summed E-state index contributed by atoms with van der Waals surface area (Å²) in [5.74, 6) is -0.125. The molecule has 0 aromatic heterocycles. The van der Waals surface area contributed by atoms with Crippen molar-refractivity contribution in [1.29, 1.82) is 0 Å². The molecule has 2 N–H and O–H groups in total. The van der Waals surface area contributed by atoms with Crippen LogP contribution in [0.15, 0.2) is 55.7 Å². The van der Waals surface area contributed by atoms with Crippen LogP contribution in [0.25, 0.3) is 4.91 Å². The summed E-state index contributed by atoms with van der Waals surface area (Å²) in [5, 5.41) is 0. The van der Waals surface area contributed by atoms with E-state index in [1.165, 1.54) is 6.08 Å². The van der Waals surface area contributed by atoms with E-state index in [1.807, 2.05) is 39.8 Å². The van der Waals surface area contributed by atoms with Crippen molar-refractivity contribution in [3.05, 3.63) is 61.2 Å². The molecule has 3 nitrogen and oxygen atoms in total. The highest BCUT2D eigenvalue weighted by Crippen LogP contribution is 2.24. The van der Waals surface area contributed by atoms with E-state index >= 15 is 0 Å². The average Bonchev–Trinajstić information content (AvgIpc) is 2.49. The number of hydrogen-bond donors (Lipinski definition) is 1. The molecule has 0 bridgehead atoms. The van der Waals surface area contributed by atoms with E-state index in [-0.39, 0.29) is 10.7 Å². The largest absolute Gasteiger partial charge is 0.398 e. The molecule has 0 amide bonds. The van der Waals surface area contributed by atoms with Crippen LogP contribution in [0, 0.1) is 0 Å². The van der Waals surface area contributed by atoms with Gasteiger partial charge in [0.05, 0.1) is 10.7 Å². The summed E-state index contributed by atoms with van der Waals surface area (Å²) in [5.41, 5.74) is 6.53. The lowest BCUT2D eigenvalue weighted by Gasteiger charge is -2.08. The third-order valence-electron chi connectivity index (χ3n) is 2.31.